The summed E-state index contributed by atoms with van der Waals surface area (Å²) in [7, 11) is 1.67. The van der Waals surface area contributed by atoms with E-state index in [2.05, 4.69) is 9.88 Å². The van der Waals surface area contributed by atoms with Crippen molar-refractivity contribution in [2.75, 3.05) is 44.8 Å². The minimum atomic E-state index is -0.243. The van der Waals surface area contributed by atoms with Crippen LogP contribution in [0, 0.1) is 5.92 Å². The molecule has 1 aromatic carbocycles. The number of carbonyl (C=O) groups is 2. The molecule has 2 fully saturated rings. The predicted molar refractivity (Wildman–Crippen MR) is 135 cm³/mol. The Morgan fingerprint density at radius 2 is 1.94 bits per heavy atom. The lowest BCUT2D eigenvalue weighted by Crippen LogP contribution is -2.42. The van der Waals surface area contributed by atoms with E-state index in [9.17, 15) is 9.59 Å². The number of rotatable bonds is 9. The van der Waals surface area contributed by atoms with E-state index in [0.29, 0.717) is 42.8 Å². The summed E-state index contributed by atoms with van der Waals surface area (Å²) in [5, 5.41) is 0.714. The number of hydrogen-bond acceptors (Lipinski definition) is 8. The molecule has 0 radical (unpaired) electrons. The maximum Gasteiger partial charge on any atom is 0.310 e. The molecule has 2 aromatic rings. The van der Waals surface area contributed by atoms with Crippen molar-refractivity contribution >= 4 is 29.5 Å². The molecule has 0 bridgehead atoms. The van der Waals surface area contributed by atoms with Crippen LogP contribution in [0.1, 0.15) is 54.2 Å². The van der Waals surface area contributed by atoms with Crippen molar-refractivity contribution in [3.05, 3.63) is 47.2 Å². The van der Waals surface area contributed by atoms with E-state index in [1.165, 1.54) is 12.8 Å². The smallest absolute Gasteiger partial charge is 0.310 e. The van der Waals surface area contributed by atoms with E-state index < -0.39 is 0 Å². The van der Waals surface area contributed by atoms with E-state index in [4.69, 9.17) is 14.5 Å². The molecular weight excluding hydrogens is 464 g/mol. The van der Waals surface area contributed by atoms with Gasteiger partial charge in [0, 0.05) is 50.7 Å². The second-order valence-corrected chi connectivity index (χ2v) is 9.90. The van der Waals surface area contributed by atoms with Gasteiger partial charge in [-0.05, 0) is 50.3 Å². The Kier molecular flexibility index (Phi) is 8.98. The van der Waals surface area contributed by atoms with Gasteiger partial charge < -0.3 is 19.3 Å². The molecule has 0 N–H and O–H groups in total. The highest BCUT2D eigenvalue weighted by Gasteiger charge is 2.29. The van der Waals surface area contributed by atoms with E-state index in [0.717, 1.165) is 43.0 Å². The molecule has 0 unspecified atom stereocenters. The topological polar surface area (TPSA) is 84.9 Å². The highest BCUT2D eigenvalue weighted by molar-refractivity contribution is 7.98. The first-order chi connectivity index (χ1) is 17.1. The highest BCUT2D eigenvalue weighted by Crippen LogP contribution is 2.26. The van der Waals surface area contributed by atoms with Gasteiger partial charge in [-0.1, -0.05) is 23.9 Å². The number of carbonyl (C=O) groups excluding carboxylic acids is 2. The summed E-state index contributed by atoms with van der Waals surface area (Å²) in [4.78, 5) is 38.9. The molecule has 35 heavy (non-hydrogen) atoms. The predicted octanol–water partition coefficient (Wildman–Crippen LogP) is 3.93. The number of benzene rings is 1. The van der Waals surface area contributed by atoms with E-state index in [1.54, 1.807) is 30.7 Å². The number of ether oxygens (including phenoxy) is 2. The summed E-state index contributed by atoms with van der Waals surface area (Å²) < 4.78 is 10.5. The second kappa shape index (κ2) is 12.4. The zero-order valence-electron chi connectivity index (χ0n) is 20.6. The highest BCUT2D eigenvalue weighted by atomic mass is 32.2. The van der Waals surface area contributed by atoms with Crippen LogP contribution in [0.5, 0.6) is 0 Å². The number of anilines is 1. The lowest BCUT2D eigenvalue weighted by molar-refractivity contribution is -0.149. The first kappa shape index (κ1) is 25.4. The molecular formula is C26H34N4O4S. The molecule has 4 rings (SSSR count). The summed E-state index contributed by atoms with van der Waals surface area (Å²) in [5.74, 6) is 1.12. The fourth-order valence-corrected chi connectivity index (χ4v) is 5.41. The van der Waals surface area contributed by atoms with Crippen LogP contribution in [0.4, 0.5) is 5.82 Å². The molecule has 0 saturated carbocycles. The molecule has 1 atom stereocenters. The van der Waals surface area contributed by atoms with Crippen LogP contribution < -0.4 is 4.90 Å². The molecule has 188 valence electrons. The van der Waals surface area contributed by atoms with Crippen molar-refractivity contribution in [3.8, 4) is 0 Å². The molecule has 1 aromatic heterocycles. The Hall–Kier alpha value is -2.65. The van der Waals surface area contributed by atoms with E-state index in [1.807, 2.05) is 30.3 Å². The molecule has 0 aliphatic carbocycles. The van der Waals surface area contributed by atoms with Crippen LogP contribution in [0.15, 0.2) is 35.5 Å². The normalized spacial score (nSPS) is 18.1. The van der Waals surface area contributed by atoms with Gasteiger partial charge in [-0.15, -0.1) is 0 Å². The number of likely N-dealkylation sites (tertiary alicyclic amines) is 1. The third kappa shape index (κ3) is 6.73. The average Bonchev–Trinajstić information content (AvgIpc) is 3.43. The van der Waals surface area contributed by atoms with Crippen LogP contribution in [-0.2, 0) is 26.6 Å². The molecule has 8 nitrogen and oxygen atoms in total. The summed E-state index contributed by atoms with van der Waals surface area (Å²) >= 11 is 1.56. The van der Waals surface area contributed by atoms with Crippen LogP contribution in [-0.4, -0.2) is 66.6 Å². The first-order valence-electron chi connectivity index (χ1n) is 12.4. The zero-order chi connectivity index (χ0) is 24.6. The third-order valence-corrected chi connectivity index (χ3v) is 7.26. The van der Waals surface area contributed by atoms with Crippen molar-refractivity contribution in [1.82, 2.24) is 14.9 Å². The Bertz CT molecular complexity index is 1030. The first-order valence-corrected chi connectivity index (χ1v) is 13.4. The van der Waals surface area contributed by atoms with Crippen LogP contribution in [0.25, 0.3) is 0 Å². The fraction of sp³-hybridized carbons (Fsp3) is 0.538. The summed E-state index contributed by atoms with van der Waals surface area (Å²) in [6.45, 7) is 5.73. The van der Waals surface area contributed by atoms with Gasteiger partial charge in [0.25, 0.3) is 5.91 Å². The number of aromatic nitrogens is 2. The number of hydrogen-bond donors (Lipinski definition) is 0. The number of piperidine rings is 1. The Labute approximate surface area is 211 Å². The lowest BCUT2D eigenvalue weighted by Gasteiger charge is -2.31. The standard InChI is InChI=1S/C26H34N4O4S/c1-3-34-25(32)21-10-7-13-30(16-21)24(31)20-9-6-8-19(14-20)18-35-26-27-22(17-33-2)15-23(28-26)29-11-4-5-12-29/h6,8-9,14-15,21H,3-5,7,10-13,16-18H2,1-2H3/t21-/m0/s1. The summed E-state index contributed by atoms with van der Waals surface area (Å²) in [6.07, 6.45) is 3.94. The average molecular weight is 499 g/mol. The Morgan fingerprint density at radius 1 is 1.11 bits per heavy atom. The molecule has 3 heterocycles. The maximum absolute atomic E-state index is 13.2. The van der Waals surface area contributed by atoms with Gasteiger partial charge in [0.2, 0.25) is 0 Å². The Morgan fingerprint density at radius 3 is 2.71 bits per heavy atom. The molecule has 2 saturated heterocycles. The molecule has 2 aliphatic heterocycles. The maximum atomic E-state index is 13.2. The van der Waals surface area contributed by atoms with Crippen molar-refractivity contribution < 1.29 is 19.1 Å². The van der Waals surface area contributed by atoms with Crippen LogP contribution >= 0.6 is 11.8 Å². The molecule has 0 spiro atoms. The second-order valence-electron chi connectivity index (χ2n) is 8.96. The van der Waals surface area contributed by atoms with Gasteiger partial charge in [0.15, 0.2) is 5.16 Å². The lowest BCUT2D eigenvalue weighted by atomic mass is 9.97. The van der Waals surface area contributed by atoms with Gasteiger partial charge in [-0.3, -0.25) is 9.59 Å². The van der Waals surface area contributed by atoms with Crippen molar-refractivity contribution in [1.29, 1.82) is 0 Å². The van der Waals surface area contributed by atoms with E-state index >= 15 is 0 Å². The number of nitrogens with zero attached hydrogens (tertiary/aromatic N) is 4. The molecule has 9 heteroatoms. The monoisotopic (exact) mass is 498 g/mol. The minimum Gasteiger partial charge on any atom is -0.466 e. The number of amides is 1. The minimum absolute atomic E-state index is 0.0412. The Balaban J connectivity index is 1.42. The van der Waals surface area contributed by atoms with Crippen molar-refractivity contribution in [2.24, 2.45) is 5.92 Å². The number of thioether (sulfide) groups is 1. The quantitative estimate of drug-likeness (QED) is 0.292. The van der Waals surface area contributed by atoms with Gasteiger partial charge in [-0.25, -0.2) is 9.97 Å². The zero-order valence-corrected chi connectivity index (χ0v) is 21.4. The third-order valence-electron chi connectivity index (χ3n) is 6.34. The SMILES string of the molecule is CCOC(=O)[C@H]1CCCN(C(=O)c2cccc(CSc3nc(COC)cc(N4CCCC4)n3)c2)C1. The van der Waals surface area contributed by atoms with Crippen LogP contribution in [0.2, 0.25) is 0 Å². The van der Waals surface area contributed by atoms with Crippen molar-refractivity contribution in [2.45, 2.75) is 50.1 Å². The van der Waals surface area contributed by atoms with E-state index in [-0.39, 0.29) is 17.8 Å². The number of methoxy groups -OCH3 is 1. The summed E-state index contributed by atoms with van der Waals surface area (Å²) in [6, 6.07) is 9.71. The molecule has 2 aliphatic rings. The number of esters is 1. The summed E-state index contributed by atoms with van der Waals surface area (Å²) in [5.41, 5.74) is 2.54. The van der Waals surface area contributed by atoms with Crippen LogP contribution in [0.3, 0.4) is 0 Å². The van der Waals surface area contributed by atoms with Crippen molar-refractivity contribution in [3.63, 3.8) is 0 Å². The van der Waals surface area contributed by atoms with Gasteiger partial charge >= 0.3 is 5.97 Å². The van der Waals surface area contributed by atoms with Gasteiger partial charge in [-0.2, -0.15) is 0 Å². The fourth-order valence-electron chi connectivity index (χ4n) is 4.59. The molecule has 1 amide bonds. The largest absolute Gasteiger partial charge is 0.466 e. The van der Waals surface area contributed by atoms with Gasteiger partial charge in [0.1, 0.15) is 5.82 Å². The van der Waals surface area contributed by atoms with Gasteiger partial charge in [0.05, 0.1) is 24.8 Å².